The minimum atomic E-state index is 0.494. The van der Waals surface area contributed by atoms with Crippen molar-refractivity contribution in [3.05, 3.63) is 65.6 Å². The third kappa shape index (κ3) is 3.06. The predicted octanol–water partition coefficient (Wildman–Crippen LogP) is 3.71. The van der Waals surface area contributed by atoms with Crippen LogP contribution >= 0.6 is 11.6 Å². The highest BCUT2D eigenvalue weighted by atomic mass is 35.5. The maximum Gasteiger partial charge on any atom is 0.165 e. The molecule has 0 N–H and O–H groups in total. The summed E-state index contributed by atoms with van der Waals surface area (Å²) in [6, 6.07) is 11.9. The molecule has 0 bridgehead atoms. The van der Waals surface area contributed by atoms with E-state index in [1.54, 1.807) is 23.3 Å². The van der Waals surface area contributed by atoms with Crippen LogP contribution in [-0.4, -0.2) is 14.8 Å². The first-order valence-electron chi connectivity index (χ1n) is 6.53. The van der Waals surface area contributed by atoms with Crippen molar-refractivity contribution in [3.8, 4) is 17.0 Å². The zero-order valence-corrected chi connectivity index (χ0v) is 12.3. The minimum absolute atomic E-state index is 0.494. The van der Waals surface area contributed by atoms with Crippen LogP contribution in [0.5, 0.6) is 5.75 Å². The Hall–Kier alpha value is -2.33. The number of hydrogen-bond acceptors (Lipinski definition) is 3. The van der Waals surface area contributed by atoms with E-state index >= 15 is 0 Å². The van der Waals surface area contributed by atoms with Gasteiger partial charge in [-0.15, -0.1) is 0 Å². The summed E-state index contributed by atoms with van der Waals surface area (Å²) in [6.45, 7) is 0.494. The molecule has 0 aliphatic heterocycles. The van der Waals surface area contributed by atoms with E-state index in [1.807, 2.05) is 43.4 Å². The van der Waals surface area contributed by atoms with Gasteiger partial charge in [-0.25, -0.2) is 0 Å². The van der Waals surface area contributed by atoms with Gasteiger partial charge < -0.3 is 4.74 Å². The molecule has 0 atom stereocenters. The fourth-order valence-corrected chi connectivity index (χ4v) is 2.30. The zero-order chi connectivity index (χ0) is 14.7. The van der Waals surface area contributed by atoms with Crippen molar-refractivity contribution in [3.63, 3.8) is 0 Å². The molecule has 0 amide bonds. The maximum absolute atomic E-state index is 6.01. The molecule has 0 unspecified atom stereocenters. The van der Waals surface area contributed by atoms with Gasteiger partial charge >= 0.3 is 0 Å². The molecule has 0 fully saturated rings. The van der Waals surface area contributed by atoms with E-state index in [-0.39, 0.29) is 0 Å². The lowest BCUT2D eigenvalue weighted by Gasteiger charge is -2.08. The fraction of sp³-hybridized carbons (Fsp3) is 0.125. The van der Waals surface area contributed by atoms with Crippen LogP contribution in [0.25, 0.3) is 11.3 Å². The van der Waals surface area contributed by atoms with E-state index in [0.29, 0.717) is 17.4 Å². The second-order valence-electron chi connectivity index (χ2n) is 4.65. The number of pyridine rings is 1. The summed E-state index contributed by atoms with van der Waals surface area (Å²) in [5, 5.41) is 4.84. The van der Waals surface area contributed by atoms with Crippen molar-refractivity contribution in [2.24, 2.45) is 7.05 Å². The average molecular weight is 300 g/mol. The number of aromatic nitrogens is 3. The Labute approximate surface area is 128 Å². The molecule has 0 radical (unpaired) electrons. The molecule has 0 saturated heterocycles. The van der Waals surface area contributed by atoms with Gasteiger partial charge in [0.15, 0.2) is 5.75 Å². The first-order chi connectivity index (χ1) is 10.2. The van der Waals surface area contributed by atoms with E-state index in [2.05, 4.69) is 10.1 Å². The number of halogens is 1. The molecule has 1 aromatic carbocycles. The molecule has 0 aliphatic rings. The second-order valence-corrected chi connectivity index (χ2v) is 5.08. The minimum Gasteiger partial charge on any atom is -0.485 e. The highest BCUT2D eigenvalue weighted by Crippen LogP contribution is 2.30. The Morgan fingerprint density at radius 2 is 1.95 bits per heavy atom. The van der Waals surface area contributed by atoms with Crippen molar-refractivity contribution in [1.82, 2.24) is 14.8 Å². The van der Waals surface area contributed by atoms with Gasteiger partial charge in [0.05, 0.1) is 11.2 Å². The van der Waals surface area contributed by atoms with Gasteiger partial charge in [-0.05, 0) is 11.6 Å². The van der Waals surface area contributed by atoms with Gasteiger partial charge in [0, 0.05) is 25.0 Å². The van der Waals surface area contributed by atoms with Gasteiger partial charge in [-0.1, -0.05) is 41.9 Å². The maximum atomic E-state index is 6.01. The monoisotopic (exact) mass is 299 g/mol. The largest absolute Gasteiger partial charge is 0.485 e. The van der Waals surface area contributed by atoms with Crippen molar-refractivity contribution in [2.45, 2.75) is 6.61 Å². The summed E-state index contributed by atoms with van der Waals surface area (Å²) in [5.41, 5.74) is 2.85. The molecule has 3 rings (SSSR count). The fourth-order valence-electron chi connectivity index (χ4n) is 2.13. The number of aryl methyl sites for hydroxylation is 1. The third-order valence-electron chi connectivity index (χ3n) is 3.12. The predicted molar refractivity (Wildman–Crippen MR) is 82.2 cm³/mol. The molecule has 5 heteroatoms. The van der Waals surface area contributed by atoms with Crippen LogP contribution in [0.2, 0.25) is 5.02 Å². The number of hydrogen-bond donors (Lipinski definition) is 0. The summed E-state index contributed by atoms with van der Waals surface area (Å²) in [7, 11) is 1.87. The van der Waals surface area contributed by atoms with Crippen LogP contribution in [0.3, 0.4) is 0 Å². The summed E-state index contributed by atoms with van der Waals surface area (Å²) >= 11 is 6.01. The lowest BCUT2D eigenvalue weighted by molar-refractivity contribution is 0.307. The molecule has 2 heterocycles. The normalized spacial score (nSPS) is 10.6. The topological polar surface area (TPSA) is 39.9 Å². The Bertz CT molecular complexity index is 740. The van der Waals surface area contributed by atoms with Crippen LogP contribution in [0, 0.1) is 0 Å². The van der Waals surface area contributed by atoms with Crippen molar-refractivity contribution < 1.29 is 4.74 Å². The molecule has 4 nitrogen and oxygen atoms in total. The first-order valence-corrected chi connectivity index (χ1v) is 6.91. The zero-order valence-electron chi connectivity index (χ0n) is 11.5. The average Bonchev–Trinajstić information content (AvgIpc) is 2.87. The molecular weight excluding hydrogens is 286 g/mol. The van der Waals surface area contributed by atoms with Crippen LogP contribution in [0.15, 0.2) is 55.0 Å². The SMILES string of the molecule is Cn1ncc(OCc2ccccc2)c1-c1cncc(Cl)c1. The van der Waals surface area contributed by atoms with E-state index in [1.165, 1.54) is 0 Å². The Kier molecular flexibility index (Phi) is 3.88. The third-order valence-corrected chi connectivity index (χ3v) is 3.33. The van der Waals surface area contributed by atoms with E-state index in [0.717, 1.165) is 16.8 Å². The molecular formula is C16H14ClN3O. The number of ether oxygens (including phenoxy) is 1. The summed E-state index contributed by atoms with van der Waals surface area (Å²) in [5.74, 6) is 0.713. The standard InChI is InChI=1S/C16H14ClN3O/c1-20-16(13-7-14(17)9-18-8-13)15(10-19-20)21-11-12-5-3-2-4-6-12/h2-10H,11H2,1H3. The van der Waals surface area contributed by atoms with Crippen molar-refractivity contribution in [1.29, 1.82) is 0 Å². The van der Waals surface area contributed by atoms with E-state index < -0.39 is 0 Å². The van der Waals surface area contributed by atoms with Crippen LogP contribution < -0.4 is 4.74 Å². The molecule has 21 heavy (non-hydrogen) atoms. The highest BCUT2D eigenvalue weighted by Gasteiger charge is 2.13. The highest BCUT2D eigenvalue weighted by molar-refractivity contribution is 6.30. The second kappa shape index (κ2) is 5.97. The molecule has 2 aromatic heterocycles. The molecule has 0 spiro atoms. The van der Waals surface area contributed by atoms with E-state index in [9.17, 15) is 0 Å². The molecule has 106 valence electrons. The molecule has 0 aliphatic carbocycles. The van der Waals surface area contributed by atoms with E-state index in [4.69, 9.17) is 16.3 Å². The lowest BCUT2D eigenvalue weighted by Crippen LogP contribution is -1.98. The van der Waals surface area contributed by atoms with Gasteiger partial charge in [0.2, 0.25) is 0 Å². The van der Waals surface area contributed by atoms with Crippen LogP contribution in [0.1, 0.15) is 5.56 Å². The van der Waals surface area contributed by atoms with Gasteiger partial charge in [-0.3, -0.25) is 9.67 Å². The van der Waals surface area contributed by atoms with Crippen molar-refractivity contribution >= 4 is 11.6 Å². The summed E-state index contributed by atoms with van der Waals surface area (Å²) < 4.78 is 7.64. The van der Waals surface area contributed by atoms with Gasteiger partial charge in [0.25, 0.3) is 0 Å². The molecule has 3 aromatic rings. The number of nitrogens with zero attached hydrogens (tertiary/aromatic N) is 3. The lowest BCUT2D eigenvalue weighted by atomic mass is 10.2. The van der Waals surface area contributed by atoms with Crippen molar-refractivity contribution in [2.75, 3.05) is 0 Å². The summed E-state index contributed by atoms with van der Waals surface area (Å²) in [4.78, 5) is 4.11. The van der Waals surface area contributed by atoms with Crippen LogP contribution in [0.4, 0.5) is 0 Å². The Balaban J connectivity index is 1.87. The van der Waals surface area contributed by atoms with Gasteiger partial charge in [0.1, 0.15) is 12.3 Å². The van der Waals surface area contributed by atoms with Crippen LogP contribution in [-0.2, 0) is 13.7 Å². The number of benzene rings is 1. The molecule has 0 saturated carbocycles. The summed E-state index contributed by atoms with van der Waals surface area (Å²) in [6.07, 6.45) is 5.06. The quantitative estimate of drug-likeness (QED) is 0.737. The smallest absolute Gasteiger partial charge is 0.165 e. The Morgan fingerprint density at radius 3 is 2.71 bits per heavy atom. The van der Waals surface area contributed by atoms with Gasteiger partial charge in [-0.2, -0.15) is 5.10 Å². The Morgan fingerprint density at radius 1 is 1.14 bits per heavy atom. The first kappa shape index (κ1) is 13.6. The number of rotatable bonds is 4.